The lowest BCUT2D eigenvalue weighted by molar-refractivity contribution is -0.920. The predicted octanol–water partition coefficient (Wildman–Crippen LogP) is 1.83. The monoisotopic (exact) mass is 344 g/mol. The maximum Gasteiger partial charge on any atom is 0.189 e. The van der Waals surface area contributed by atoms with Crippen LogP contribution in [0, 0.1) is 56.7 Å². The number of fused-ring (bicyclic) bond motifs is 1. The Kier molecular flexibility index (Phi) is 4.64. The van der Waals surface area contributed by atoms with Crippen molar-refractivity contribution in [1.29, 1.82) is 21.2 Å². The minimum Gasteiger partial charge on any atom is -0.329 e. The van der Waals surface area contributed by atoms with E-state index in [9.17, 15) is 15.8 Å². The highest BCUT2D eigenvalue weighted by atomic mass is 15.2. The van der Waals surface area contributed by atoms with Crippen LogP contribution >= 0.6 is 0 Å². The molecule has 0 bridgehead atoms. The molecule has 130 valence electrons. The second-order valence-electron chi connectivity index (χ2n) is 7.43. The largest absolute Gasteiger partial charge is 0.329 e. The van der Waals surface area contributed by atoms with Gasteiger partial charge in [0, 0.05) is 11.8 Å². The summed E-state index contributed by atoms with van der Waals surface area (Å²) in [5.41, 5.74) is 0.118. The molecule has 5 nitrogen and oxygen atoms in total. The average molecular weight is 344 g/mol. The molecule has 1 aliphatic carbocycles. The van der Waals surface area contributed by atoms with Crippen molar-refractivity contribution in [1.82, 2.24) is 0 Å². The quantitative estimate of drug-likeness (QED) is 0.800. The van der Waals surface area contributed by atoms with Gasteiger partial charge in [0.25, 0.3) is 0 Å². The van der Waals surface area contributed by atoms with Gasteiger partial charge in [-0.05, 0) is 31.1 Å². The molecule has 0 amide bonds. The summed E-state index contributed by atoms with van der Waals surface area (Å²) in [7, 11) is 0. The first-order valence-corrected chi connectivity index (χ1v) is 8.90. The van der Waals surface area contributed by atoms with Crippen molar-refractivity contribution in [3.8, 4) is 18.2 Å². The van der Waals surface area contributed by atoms with Crippen molar-refractivity contribution in [2.24, 2.45) is 17.3 Å². The van der Waals surface area contributed by atoms with E-state index in [0.717, 1.165) is 24.2 Å². The Bertz CT molecular complexity index is 848. The van der Waals surface area contributed by atoms with Gasteiger partial charge in [-0.1, -0.05) is 30.3 Å². The summed E-state index contributed by atoms with van der Waals surface area (Å²) in [6.07, 6.45) is 2.07. The normalized spacial score (nSPS) is 29.7. The molecular weight excluding hydrogens is 322 g/mol. The number of nitrogens with one attached hydrogen (secondary N) is 2. The van der Waals surface area contributed by atoms with Crippen LogP contribution < -0.4 is 4.90 Å². The Morgan fingerprint density at radius 1 is 1.15 bits per heavy atom. The molecule has 2 N–H and O–H groups in total. The molecule has 1 aromatic rings. The second kappa shape index (κ2) is 6.75. The lowest BCUT2D eigenvalue weighted by atomic mass is 9.54. The van der Waals surface area contributed by atoms with Gasteiger partial charge >= 0.3 is 0 Å². The predicted molar refractivity (Wildman–Crippen MR) is 97.1 cm³/mol. The Morgan fingerprint density at radius 3 is 2.35 bits per heavy atom. The maximum absolute atomic E-state index is 9.97. The lowest BCUT2D eigenvalue weighted by Crippen LogP contribution is -3.16. The van der Waals surface area contributed by atoms with Gasteiger partial charge < -0.3 is 10.3 Å². The zero-order valence-corrected chi connectivity index (χ0v) is 15.0. The minimum atomic E-state index is -1.61. The molecule has 2 unspecified atom stereocenters. The Labute approximate surface area is 154 Å². The van der Waals surface area contributed by atoms with Crippen molar-refractivity contribution in [3.63, 3.8) is 0 Å². The van der Waals surface area contributed by atoms with Crippen LogP contribution in [0.5, 0.6) is 0 Å². The first-order valence-electron chi connectivity index (χ1n) is 8.90. The third-order valence-corrected chi connectivity index (χ3v) is 5.88. The molecule has 0 aromatic heterocycles. The minimum absolute atomic E-state index is 0.0747. The smallest absolute Gasteiger partial charge is 0.189 e. The molecule has 1 saturated carbocycles. The molecule has 1 aromatic carbocycles. The van der Waals surface area contributed by atoms with Crippen molar-refractivity contribution in [3.05, 3.63) is 47.5 Å². The molecule has 0 radical (unpaired) electrons. The van der Waals surface area contributed by atoms with E-state index in [2.05, 4.69) is 38.1 Å². The molecule has 26 heavy (non-hydrogen) atoms. The molecule has 5 heteroatoms. The summed E-state index contributed by atoms with van der Waals surface area (Å²) in [6.45, 7) is 5.88. The molecule has 3 rings (SSSR count). The standard InChI is InChI=1S/C21H21N5/c1-14(2)26-9-8-16-17(10-22)20(25)21(12-23,13-24)19(18(16)11-26)15-6-4-3-5-7-15/h3-8,14,17-19,25H,9,11H2,1-2H3/p+1/t17?,18-,19-/m0/s1. The van der Waals surface area contributed by atoms with E-state index in [4.69, 9.17) is 5.41 Å². The van der Waals surface area contributed by atoms with Crippen LogP contribution in [-0.2, 0) is 0 Å². The fourth-order valence-corrected chi connectivity index (χ4v) is 4.43. The van der Waals surface area contributed by atoms with Crippen molar-refractivity contribution in [2.45, 2.75) is 25.8 Å². The number of hydrogen-bond acceptors (Lipinski definition) is 4. The average Bonchev–Trinajstić information content (AvgIpc) is 2.67. The Balaban J connectivity index is 2.23. The van der Waals surface area contributed by atoms with Gasteiger partial charge in [-0.15, -0.1) is 0 Å². The number of nitriles is 3. The van der Waals surface area contributed by atoms with Gasteiger partial charge in [0.2, 0.25) is 0 Å². The van der Waals surface area contributed by atoms with E-state index in [0.29, 0.717) is 6.04 Å². The number of benzene rings is 1. The van der Waals surface area contributed by atoms with Gasteiger partial charge in [0.1, 0.15) is 5.92 Å². The summed E-state index contributed by atoms with van der Waals surface area (Å²) in [5.74, 6) is -1.31. The summed E-state index contributed by atoms with van der Waals surface area (Å²) in [5, 5.41) is 38.2. The zero-order chi connectivity index (χ0) is 18.9. The number of quaternary nitrogens is 1. The number of hydrogen-bond donors (Lipinski definition) is 2. The van der Waals surface area contributed by atoms with E-state index in [1.807, 2.05) is 30.3 Å². The summed E-state index contributed by atoms with van der Waals surface area (Å²) in [4.78, 5) is 1.37. The van der Waals surface area contributed by atoms with E-state index < -0.39 is 17.3 Å². The number of nitrogens with zero attached hydrogens (tertiary/aromatic N) is 3. The Morgan fingerprint density at radius 2 is 1.81 bits per heavy atom. The third kappa shape index (κ3) is 2.51. The highest BCUT2D eigenvalue weighted by molar-refractivity contribution is 6.00. The summed E-state index contributed by atoms with van der Waals surface area (Å²) >= 11 is 0. The van der Waals surface area contributed by atoms with Crippen LogP contribution in [0.3, 0.4) is 0 Å². The lowest BCUT2D eigenvalue weighted by Gasteiger charge is -2.47. The van der Waals surface area contributed by atoms with Gasteiger partial charge in [-0.25, -0.2) is 0 Å². The summed E-state index contributed by atoms with van der Waals surface area (Å²) < 4.78 is 0. The van der Waals surface area contributed by atoms with Crippen LogP contribution in [0.15, 0.2) is 42.0 Å². The van der Waals surface area contributed by atoms with Crippen molar-refractivity contribution < 1.29 is 4.90 Å². The molecule has 0 saturated heterocycles. The SMILES string of the molecule is CC(C)[NH+]1CC=C2C(C#N)C(=N)C(C#N)(C#N)[C@@H](c3ccccc3)[C@H]2C1. The molecule has 0 spiro atoms. The van der Waals surface area contributed by atoms with Gasteiger partial charge in [-0.2, -0.15) is 15.8 Å². The van der Waals surface area contributed by atoms with E-state index >= 15 is 0 Å². The number of rotatable bonds is 2. The molecule has 1 aliphatic heterocycles. The topological polar surface area (TPSA) is 99.7 Å². The Hall–Kier alpha value is -2.94. The van der Waals surface area contributed by atoms with E-state index in [1.54, 1.807) is 0 Å². The van der Waals surface area contributed by atoms with E-state index in [1.165, 1.54) is 4.90 Å². The van der Waals surface area contributed by atoms with Gasteiger partial charge in [0.05, 0.1) is 43.1 Å². The first-order chi connectivity index (χ1) is 12.5. The van der Waals surface area contributed by atoms with Crippen molar-refractivity contribution >= 4 is 5.71 Å². The highest BCUT2D eigenvalue weighted by Gasteiger charge is 2.58. The molecular formula is C21H22N5+. The molecule has 2 aliphatic rings. The van der Waals surface area contributed by atoms with Gasteiger partial charge in [0.15, 0.2) is 5.41 Å². The van der Waals surface area contributed by atoms with Crippen LogP contribution in [0.4, 0.5) is 0 Å². The van der Waals surface area contributed by atoms with Crippen LogP contribution in [0.1, 0.15) is 25.3 Å². The maximum atomic E-state index is 9.97. The molecule has 4 atom stereocenters. The molecule has 1 heterocycles. The van der Waals surface area contributed by atoms with Crippen LogP contribution in [-0.4, -0.2) is 24.8 Å². The van der Waals surface area contributed by atoms with Crippen LogP contribution in [0.2, 0.25) is 0 Å². The zero-order valence-electron chi connectivity index (χ0n) is 15.0. The fraction of sp³-hybridized carbons (Fsp3) is 0.429. The van der Waals surface area contributed by atoms with Crippen molar-refractivity contribution in [2.75, 3.05) is 13.1 Å². The second-order valence-corrected chi connectivity index (χ2v) is 7.43. The fourth-order valence-electron chi connectivity index (χ4n) is 4.43. The van der Waals surface area contributed by atoms with Gasteiger partial charge in [-0.3, -0.25) is 0 Å². The molecule has 1 fully saturated rings. The highest BCUT2D eigenvalue weighted by Crippen LogP contribution is 2.52. The summed E-state index contributed by atoms with van der Waals surface area (Å²) in [6, 6.07) is 16.4. The van der Waals surface area contributed by atoms with Crippen LogP contribution in [0.25, 0.3) is 0 Å². The van der Waals surface area contributed by atoms with E-state index in [-0.39, 0.29) is 11.6 Å². The third-order valence-electron chi connectivity index (χ3n) is 5.88. The first kappa shape index (κ1) is 17.9.